The number of guanidine groups is 1. The zero-order chi connectivity index (χ0) is 13.1. The second-order valence-corrected chi connectivity index (χ2v) is 5.82. The van der Waals surface area contributed by atoms with Gasteiger partial charge in [-0.3, -0.25) is 4.99 Å². The fourth-order valence-corrected chi connectivity index (χ4v) is 2.12. The van der Waals surface area contributed by atoms with Crippen LogP contribution < -0.4 is 11.1 Å². The summed E-state index contributed by atoms with van der Waals surface area (Å²) in [5, 5.41) is 3.30. The van der Waals surface area contributed by atoms with Gasteiger partial charge in [-0.2, -0.15) is 0 Å². The van der Waals surface area contributed by atoms with Crippen LogP contribution in [0.1, 0.15) is 41.0 Å². The first kappa shape index (κ1) is 14.3. The smallest absolute Gasteiger partial charge is 0.188 e. The molecule has 0 aromatic rings. The number of nitrogens with one attached hydrogen (secondary N) is 1. The van der Waals surface area contributed by atoms with E-state index in [0.29, 0.717) is 24.0 Å². The monoisotopic (exact) mass is 241 g/mol. The predicted molar refractivity (Wildman–Crippen MR) is 72.1 cm³/mol. The topological polar surface area (TPSA) is 59.6 Å². The fourth-order valence-electron chi connectivity index (χ4n) is 2.12. The molecule has 1 saturated carbocycles. The third-order valence-corrected chi connectivity index (χ3v) is 3.49. The molecule has 2 atom stereocenters. The van der Waals surface area contributed by atoms with E-state index < -0.39 is 0 Å². The molecule has 0 aliphatic heterocycles. The van der Waals surface area contributed by atoms with Crippen LogP contribution >= 0.6 is 0 Å². The van der Waals surface area contributed by atoms with Gasteiger partial charge in [-0.1, -0.05) is 27.7 Å². The molecular formula is C13H27N3O. The molecule has 0 saturated heterocycles. The molecule has 100 valence electrons. The van der Waals surface area contributed by atoms with Crippen LogP contribution in [0.15, 0.2) is 4.99 Å². The Hall–Kier alpha value is -0.770. The summed E-state index contributed by atoms with van der Waals surface area (Å²) in [5.41, 5.74) is 6.00. The molecule has 17 heavy (non-hydrogen) atoms. The van der Waals surface area contributed by atoms with E-state index in [1.54, 1.807) is 0 Å². The highest BCUT2D eigenvalue weighted by Crippen LogP contribution is 2.42. The highest BCUT2D eigenvalue weighted by atomic mass is 16.5. The lowest BCUT2D eigenvalue weighted by Crippen LogP contribution is -2.63. The number of aliphatic imine (C=N–C) groups is 1. The molecule has 1 rings (SSSR count). The van der Waals surface area contributed by atoms with Crippen molar-refractivity contribution in [3.8, 4) is 0 Å². The lowest BCUT2D eigenvalue weighted by atomic mass is 9.64. The molecular weight excluding hydrogens is 214 g/mol. The van der Waals surface area contributed by atoms with Crippen LogP contribution in [0.3, 0.4) is 0 Å². The second kappa shape index (κ2) is 5.71. The second-order valence-electron chi connectivity index (χ2n) is 5.82. The summed E-state index contributed by atoms with van der Waals surface area (Å²) in [7, 11) is 0. The third kappa shape index (κ3) is 3.60. The Morgan fingerprint density at radius 2 is 2.18 bits per heavy atom. The van der Waals surface area contributed by atoms with Gasteiger partial charge in [-0.15, -0.1) is 0 Å². The van der Waals surface area contributed by atoms with Crippen molar-refractivity contribution < 1.29 is 4.74 Å². The van der Waals surface area contributed by atoms with Crippen molar-refractivity contribution in [1.82, 2.24) is 5.32 Å². The Balaban J connectivity index is 2.42. The zero-order valence-electron chi connectivity index (χ0n) is 11.8. The van der Waals surface area contributed by atoms with Gasteiger partial charge in [0.25, 0.3) is 0 Å². The maximum absolute atomic E-state index is 5.87. The molecule has 0 bridgehead atoms. The number of hydrogen-bond acceptors (Lipinski definition) is 2. The summed E-state index contributed by atoms with van der Waals surface area (Å²) in [6.07, 6.45) is 1.35. The van der Waals surface area contributed by atoms with E-state index in [4.69, 9.17) is 10.5 Å². The highest BCUT2D eigenvalue weighted by molar-refractivity contribution is 5.78. The number of ether oxygens (including phenoxy) is 1. The largest absolute Gasteiger partial charge is 0.378 e. The average Bonchev–Trinajstić information content (AvgIpc) is 2.25. The molecule has 1 fully saturated rings. The van der Waals surface area contributed by atoms with Crippen LogP contribution in [0.5, 0.6) is 0 Å². The van der Waals surface area contributed by atoms with E-state index in [9.17, 15) is 0 Å². The van der Waals surface area contributed by atoms with Crippen LogP contribution in [-0.4, -0.2) is 31.3 Å². The van der Waals surface area contributed by atoms with E-state index in [1.165, 1.54) is 0 Å². The van der Waals surface area contributed by atoms with E-state index in [2.05, 4.69) is 38.0 Å². The Kier molecular flexibility index (Phi) is 4.80. The first-order valence-electron chi connectivity index (χ1n) is 6.56. The van der Waals surface area contributed by atoms with Crippen molar-refractivity contribution >= 4 is 5.96 Å². The first-order chi connectivity index (χ1) is 7.87. The van der Waals surface area contributed by atoms with E-state index >= 15 is 0 Å². The maximum Gasteiger partial charge on any atom is 0.188 e. The molecule has 0 aromatic carbocycles. The van der Waals surface area contributed by atoms with Gasteiger partial charge in [0, 0.05) is 24.6 Å². The Labute approximate surface area is 105 Å². The quantitative estimate of drug-likeness (QED) is 0.569. The Morgan fingerprint density at radius 3 is 2.65 bits per heavy atom. The Morgan fingerprint density at radius 1 is 1.53 bits per heavy atom. The number of nitrogens with zero attached hydrogens (tertiary/aromatic N) is 1. The molecule has 4 nitrogen and oxygen atoms in total. The van der Waals surface area contributed by atoms with Gasteiger partial charge in [-0.05, 0) is 19.3 Å². The van der Waals surface area contributed by atoms with Gasteiger partial charge in [-0.25, -0.2) is 0 Å². The van der Waals surface area contributed by atoms with E-state index in [-0.39, 0.29) is 5.41 Å². The predicted octanol–water partition coefficient (Wildman–Crippen LogP) is 1.75. The van der Waals surface area contributed by atoms with Crippen LogP contribution in [0, 0.1) is 11.3 Å². The van der Waals surface area contributed by atoms with Gasteiger partial charge in [0.1, 0.15) is 0 Å². The lowest BCUT2D eigenvalue weighted by molar-refractivity contribution is -0.109. The van der Waals surface area contributed by atoms with Crippen molar-refractivity contribution in [1.29, 1.82) is 0 Å². The molecule has 1 aliphatic carbocycles. The maximum atomic E-state index is 5.87. The van der Waals surface area contributed by atoms with Crippen LogP contribution in [0.25, 0.3) is 0 Å². The van der Waals surface area contributed by atoms with Crippen molar-refractivity contribution in [2.75, 3.05) is 13.2 Å². The number of rotatable bonds is 5. The molecule has 0 aromatic heterocycles. The number of nitrogens with two attached hydrogens (primary N) is 1. The average molecular weight is 241 g/mol. The summed E-state index contributed by atoms with van der Waals surface area (Å²) >= 11 is 0. The fraction of sp³-hybridized carbons (Fsp3) is 0.923. The standard InChI is InChI=1S/C13H27N3O/c1-6-17-11-7-10(13(11,4)5)16-12(14)15-8-9(2)3/h9-11H,6-8H2,1-5H3,(H3,14,15,16). The lowest BCUT2D eigenvalue weighted by Gasteiger charge is -2.51. The molecule has 4 heteroatoms. The summed E-state index contributed by atoms with van der Waals surface area (Å²) in [6.45, 7) is 12.3. The summed E-state index contributed by atoms with van der Waals surface area (Å²) in [4.78, 5) is 4.32. The van der Waals surface area contributed by atoms with Crippen molar-refractivity contribution in [2.24, 2.45) is 22.1 Å². The molecule has 0 radical (unpaired) electrons. The molecule has 3 N–H and O–H groups in total. The molecule has 1 aliphatic rings. The molecule has 0 spiro atoms. The zero-order valence-corrected chi connectivity index (χ0v) is 11.8. The molecule has 0 amide bonds. The van der Waals surface area contributed by atoms with E-state index in [1.807, 2.05) is 6.92 Å². The van der Waals surface area contributed by atoms with Crippen LogP contribution in [0.2, 0.25) is 0 Å². The van der Waals surface area contributed by atoms with Crippen molar-refractivity contribution in [3.63, 3.8) is 0 Å². The van der Waals surface area contributed by atoms with Gasteiger partial charge in [0.15, 0.2) is 5.96 Å². The Bertz CT molecular complexity index is 274. The van der Waals surface area contributed by atoms with Crippen molar-refractivity contribution in [2.45, 2.75) is 53.2 Å². The summed E-state index contributed by atoms with van der Waals surface area (Å²) in [5.74, 6) is 1.10. The van der Waals surface area contributed by atoms with Gasteiger partial charge in [0.2, 0.25) is 0 Å². The molecule has 0 heterocycles. The SMILES string of the molecule is CCOC1CC(NC(N)=NCC(C)C)C1(C)C. The van der Waals surface area contributed by atoms with Gasteiger partial charge >= 0.3 is 0 Å². The van der Waals surface area contributed by atoms with Crippen molar-refractivity contribution in [3.05, 3.63) is 0 Å². The van der Waals surface area contributed by atoms with Crippen LogP contribution in [-0.2, 0) is 4.74 Å². The van der Waals surface area contributed by atoms with Crippen LogP contribution in [0.4, 0.5) is 0 Å². The first-order valence-corrected chi connectivity index (χ1v) is 6.56. The minimum atomic E-state index is 0.133. The minimum Gasteiger partial charge on any atom is -0.378 e. The summed E-state index contributed by atoms with van der Waals surface area (Å²) in [6, 6.07) is 0.370. The highest BCUT2D eigenvalue weighted by Gasteiger charge is 2.49. The summed E-state index contributed by atoms with van der Waals surface area (Å²) < 4.78 is 5.68. The molecule has 2 unspecified atom stereocenters. The van der Waals surface area contributed by atoms with Gasteiger partial charge < -0.3 is 15.8 Å². The normalized spacial score (nSPS) is 28.0. The van der Waals surface area contributed by atoms with E-state index in [0.717, 1.165) is 19.6 Å². The third-order valence-electron chi connectivity index (χ3n) is 3.49. The van der Waals surface area contributed by atoms with Gasteiger partial charge in [0.05, 0.1) is 6.10 Å². The minimum absolute atomic E-state index is 0.133. The number of hydrogen-bond donors (Lipinski definition) is 2.